The molecule has 0 amide bonds. The fourth-order valence-electron chi connectivity index (χ4n) is 6.89. The lowest BCUT2D eigenvalue weighted by Crippen LogP contribution is -2.76. The van der Waals surface area contributed by atoms with E-state index < -0.39 is 29.2 Å². The van der Waals surface area contributed by atoms with Crippen molar-refractivity contribution in [1.29, 1.82) is 0 Å². The second-order valence-electron chi connectivity index (χ2n) is 10.3. The number of methoxy groups -OCH3 is 3. The van der Waals surface area contributed by atoms with Crippen LogP contribution in [0.5, 0.6) is 5.75 Å². The molecule has 1 aromatic carbocycles. The van der Waals surface area contributed by atoms with Crippen molar-refractivity contribution in [3.05, 3.63) is 29.8 Å². The van der Waals surface area contributed by atoms with Crippen molar-refractivity contribution in [2.75, 3.05) is 34.5 Å². The summed E-state index contributed by atoms with van der Waals surface area (Å²) in [5.41, 5.74) is -0.143. The third-order valence-electron chi connectivity index (χ3n) is 8.54. The van der Waals surface area contributed by atoms with Gasteiger partial charge in [-0.3, -0.25) is 9.59 Å². The molecule has 3 fully saturated rings. The zero-order chi connectivity index (χ0) is 26.7. The maximum atomic E-state index is 12.1. The average molecular weight is 521 g/mol. The molecule has 9 heteroatoms. The van der Waals surface area contributed by atoms with Gasteiger partial charge < -0.3 is 23.7 Å². The zero-order valence-electron chi connectivity index (χ0n) is 22.6. The molecule has 1 spiro atoms. The van der Waals surface area contributed by atoms with E-state index in [9.17, 15) is 9.59 Å². The van der Waals surface area contributed by atoms with Gasteiger partial charge in [0, 0.05) is 19.3 Å². The molecule has 5 atom stereocenters. The molecule has 2 saturated carbocycles. The molecule has 1 aromatic rings. The fraction of sp³-hybridized carbons (Fsp3) is 0.714. The third-order valence-corrected chi connectivity index (χ3v) is 8.54. The van der Waals surface area contributed by atoms with Gasteiger partial charge in [0.15, 0.2) is 11.5 Å². The summed E-state index contributed by atoms with van der Waals surface area (Å²) in [6, 6.07) is 7.86. The molecule has 2 aliphatic carbocycles. The lowest BCUT2D eigenvalue weighted by Gasteiger charge is -2.66. The molecule has 37 heavy (non-hydrogen) atoms. The van der Waals surface area contributed by atoms with Crippen LogP contribution >= 0.6 is 0 Å². The van der Waals surface area contributed by atoms with Crippen molar-refractivity contribution in [3.63, 3.8) is 0 Å². The minimum Gasteiger partial charge on any atom is -0.494 e. The first-order chi connectivity index (χ1) is 17.8. The van der Waals surface area contributed by atoms with E-state index in [1.807, 2.05) is 31.2 Å². The molecule has 206 valence electrons. The Balaban J connectivity index is 1.57. The number of fused-ring (bicyclic) bond motifs is 3. The van der Waals surface area contributed by atoms with E-state index >= 15 is 0 Å². The summed E-state index contributed by atoms with van der Waals surface area (Å²) in [7, 11) is 4.21. The van der Waals surface area contributed by atoms with Crippen LogP contribution in [0.15, 0.2) is 24.3 Å². The van der Waals surface area contributed by atoms with Gasteiger partial charge in [0.1, 0.15) is 5.75 Å². The second-order valence-corrected chi connectivity index (χ2v) is 10.3. The van der Waals surface area contributed by atoms with Crippen LogP contribution in [0.2, 0.25) is 0 Å². The first-order valence-corrected chi connectivity index (χ1v) is 13.3. The molecule has 4 rings (SSSR count). The Morgan fingerprint density at radius 1 is 1.08 bits per heavy atom. The van der Waals surface area contributed by atoms with E-state index in [4.69, 9.17) is 33.5 Å². The van der Waals surface area contributed by atoms with Gasteiger partial charge in [-0.1, -0.05) is 31.9 Å². The topological polar surface area (TPSA) is 98.8 Å². The lowest BCUT2D eigenvalue weighted by molar-refractivity contribution is -0.643. The van der Waals surface area contributed by atoms with Crippen molar-refractivity contribution in [2.24, 2.45) is 17.8 Å². The number of carbonyl (C=O) groups is 2. The maximum Gasteiger partial charge on any atom is 0.320 e. The Morgan fingerprint density at radius 3 is 2.43 bits per heavy atom. The van der Waals surface area contributed by atoms with Gasteiger partial charge in [0.25, 0.3) is 5.79 Å². The van der Waals surface area contributed by atoms with Crippen LogP contribution < -0.4 is 4.74 Å². The number of hydrogen-bond acceptors (Lipinski definition) is 9. The number of esters is 2. The SMILES string of the molecule is CCOc1cccc(C2(OC)OOC23C(CC)CC2(OCCC(C(=O)OC)C(=O)OC)CCCC3C2)c1. The number of rotatable bonds is 11. The molecular weight excluding hydrogens is 480 g/mol. The highest BCUT2D eigenvalue weighted by molar-refractivity contribution is 5.94. The molecule has 0 aromatic heterocycles. The van der Waals surface area contributed by atoms with Crippen LogP contribution in [-0.2, 0) is 44.1 Å². The highest BCUT2D eigenvalue weighted by Crippen LogP contribution is 2.66. The molecule has 5 unspecified atom stereocenters. The van der Waals surface area contributed by atoms with Crippen molar-refractivity contribution >= 4 is 11.9 Å². The summed E-state index contributed by atoms with van der Waals surface area (Å²) in [4.78, 5) is 36.3. The van der Waals surface area contributed by atoms with Gasteiger partial charge in [-0.15, -0.1) is 0 Å². The first-order valence-electron chi connectivity index (χ1n) is 13.3. The van der Waals surface area contributed by atoms with Crippen LogP contribution in [0.25, 0.3) is 0 Å². The van der Waals surface area contributed by atoms with Gasteiger partial charge >= 0.3 is 11.9 Å². The number of hydrogen-bond donors (Lipinski definition) is 0. The lowest BCUT2D eigenvalue weighted by atomic mass is 9.53. The Bertz CT molecular complexity index is 943. The molecular formula is C28H40O9. The van der Waals surface area contributed by atoms with Crippen molar-refractivity contribution in [2.45, 2.75) is 75.8 Å². The van der Waals surface area contributed by atoms with E-state index in [-0.39, 0.29) is 30.5 Å². The summed E-state index contributed by atoms with van der Waals surface area (Å²) in [6.45, 7) is 4.94. The summed E-state index contributed by atoms with van der Waals surface area (Å²) in [5, 5.41) is 0. The highest BCUT2D eigenvalue weighted by Gasteiger charge is 2.75. The average Bonchev–Trinajstić information content (AvgIpc) is 2.90. The number of carbonyl (C=O) groups excluding carboxylic acids is 2. The van der Waals surface area contributed by atoms with Gasteiger partial charge in [0.2, 0.25) is 0 Å². The predicted molar refractivity (Wildman–Crippen MR) is 132 cm³/mol. The molecule has 9 nitrogen and oxygen atoms in total. The Labute approximate surface area is 218 Å². The fourth-order valence-corrected chi connectivity index (χ4v) is 6.89. The van der Waals surface area contributed by atoms with Gasteiger partial charge in [-0.25, -0.2) is 4.89 Å². The van der Waals surface area contributed by atoms with E-state index in [0.29, 0.717) is 6.61 Å². The van der Waals surface area contributed by atoms with E-state index in [1.54, 1.807) is 7.11 Å². The van der Waals surface area contributed by atoms with Crippen LogP contribution in [0, 0.1) is 17.8 Å². The van der Waals surface area contributed by atoms with E-state index in [1.165, 1.54) is 14.2 Å². The Morgan fingerprint density at radius 2 is 1.84 bits per heavy atom. The normalized spacial score (nSPS) is 32.6. The van der Waals surface area contributed by atoms with Gasteiger partial charge in [-0.05, 0) is 63.0 Å². The standard InChI is InChI=1S/C28H40O9/c1-6-19-17-26(35-15-13-23(24(29)31-3)25(30)32-4)14-9-11-21(18-26)27(19)28(33-5,37-36-27)20-10-8-12-22(16-20)34-7-2/h8,10,12,16,19,21,23H,6-7,9,11,13-15,17-18H2,1-5H3. The molecule has 1 saturated heterocycles. The van der Waals surface area contributed by atoms with Crippen molar-refractivity contribution in [1.82, 2.24) is 0 Å². The minimum atomic E-state index is -1.05. The smallest absolute Gasteiger partial charge is 0.320 e. The van der Waals surface area contributed by atoms with Crippen LogP contribution in [0.3, 0.4) is 0 Å². The molecule has 0 N–H and O–H groups in total. The number of benzene rings is 1. The number of ether oxygens (including phenoxy) is 5. The quantitative estimate of drug-likeness (QED) is 0.240. The summed E-state index contributed by atoms with van der Waals surface area (Å²) in [5.74, 6) is -2.25. The predicted octanol–water partition coefficient (Wildman–Crippen LogP) is 4.31. The van der Waals surface area contributed by atoms with Crippen LogP contribution in [0.4, 0.5) is 0 Å². The maximum absolute atomic E-state index is 12.1. The minimum absolute atomic E-state index is 0.105. The highest BCUT2D eigenvalue weighted by atomic mass is 17.3. The molecule has 0 radical (unpaired) electrons. The second kappa shape index (κ2) is 11.3. The molecule has 3 aliphatic rings. The molecule has 1 aliphatic heterocycles. The third kappa shape index (κ3) is 4.64. The van der Waals surface area contributed by atoms with Crippen LogP contribution in [0.1, 0.15) is 64.4 Å². The summed E-state index contributed by atoms with van der Waals surface area (Å²) in [6.07, 6.45) is 5.47. The van der Waals surface area contributed by atoms with Crippen molar-refractivity contribution < 1.29 is 43.0 Å². The Hall–Kier alpha value is -2.20. The zero-order valence-corrected chi connectivity index (χ0v) is 22.6. The first kappa shape index (κ1) is 27.8. The summed E-state index contributed by atoms with van der Waals surface area (Å²) >= 11 is 0. The van der Waals surface area contributed by atoms with E-state index in [0.717, 1.165) is 49.8 Å². The van der Waals surface area contributed by atoms with Gasteiger partial charge in [-0.2, -0.15) is 4.89 Å². The van der Waals surface area contributed by atoms with Crippen LogP contribution in [-0.4, -0.2) is 57.7 Å². The monoisotopic (exact) mass is 520 g/mol. The molecule has 2 bridgehead atoms. The molecule has 1 heterocycles. The van der Waals surface area contributed by atoms with Crippen molar-refractivity contribution in [3.8, 4) is 5.75 Å². The summed E-state index contributed by atoms with van der Waals surface area (Å²) < 4.78 is 28.1. The Kier molecular flexibility index (Phi) is 8.48. The van der Waals surface area contributed by atoms with Gasteiger partial charge in [0.05, 0.1) is 26.4 Å². The largest absolute Gasteiger partial charge is 0.494 e. The van der Waals surface area contributed by atoms with E-state index in [2.05, 4.69) is 6.92 Å².